The first-order valence-corrected chi connectivity index (χ1v) is 8.37. The Morgan fingerprint density at radius 1 is 1.28 bits per heavy atom. The molecule has 0 saturated heterocycles. The fourth-order valence-corrected chi connectivity index (χ4v) is 4.59. The lowest BCUT2D eigenvalue weighted by molar-refractivity contribution is 0.126. The van der Waals surface area contributed by atoms with Crippen LogP contribution in [-0.4, -0.2) is 11.2 Å². The highest BCUT2D eigenvalue weighted by molar-refractivity contribution is 7.10. The minimum Gasteiger partial charge on any atom is -0.392 e. The summed E-state index contributed by atoms with van der Waals surface area (Å²) in [4.78, 5) is 2.89. The monoisotopic (exact) mass is 278 g/mol. The Kier molecular flexibility index (Phi) is 3.83. The zero-order valence-corrected chi connectivity index (χ0v) is 12.0. The molecule has 2 aromatic heterocycles. The van der Waals surface area contributed by atoms with E-state index < -0.39 is 0 Å². The van der Waals surface area contributed by atoms with Crippen LogP contribution < -0.4 is 0 Å². The van der Waals surface area contributed by atoms with Crippen LogP contribution in [0.25, 0.3) is 0 Å². The van der Waals surface area contributed by atoms with Gasteiger partial charge in [-0.15, -0.1) is 22.7 Å². The van der Waals surface area contributed by atoms with Crippen molar-refractivity contribution >= 4 is 22.7 Å². The fraction of sp³-hybridized carbons (Fsp3) is 0.467. The Morgan fingerprint density at radius 3 is 3.06 bits per heavy atom. The molecule has 3 rings (SSSR count). The van der Waals surface area contributed by atoms with Crippen LogP contribution in [0.2, 0.25) is 0 Å². The lowest BCUT2D eigenvalue weighted by atomic mass is 9.82. The summed E-state index contributed by atoms with van der Waals surface area (Å²) >= 11 is 3.64. The van der Waals surface area contributed by atoms with Crippen LogP contribution in [0.4, 0.5) is 0 Å². The van der Waals surface area contributed by atoms with Crippen molar-refractivity contribution in [3.63, 3.8) is 0 Å². The summed E-state index contributed by atoms with van der Waals surface area (Å²) in [5.74, 6) is 0.375. The number of hydrogen-bond donors (Lipinski definition) is 1. The molecule has 2 atom stereocenters. The molecule has 0 saturated carbocycles. The maximum Gasteiger partial charge on any atom is 0.0612 e. The van der Waals surface area contributed by atoms with E-state index in [4.69, 9.17) is 0 Å². The second kappa shape index (κ2) is 5.55. The van der Waals surface area contributed by atoms with Gasteiger partial charge in [0.05, 0.1) is 6.10 Å². The maximum absolute atomic E-state index is 10.4. The minimum atomic E-state index is -0.180. The van der Waals surface area contributed by atoms with Gasteiger partial charge >= 0.3 is 0 Å². The highest BCUT2D eigenvalue weighted by Crippen LogP contribution is 2.38. The zero-order valence-electron chi connectivity index (χ0n) is 10.3. The van der Waals surface area contributed by atoms with Crippen molar-refractivity contribution in [2.45, 2.75) is 44.1 Å². The van der Waals surface area contributed by atoms with Crippen LogP contribution in [0.15, 0.2) is 29.0 Å². The lowest BCUT2D eigenvalue weighted by Gasteiger charge is -2.27. The molecular formula is C15H18OS2. The Morgan fingerprint density at radius 2 is 2.22 bits per heavy atom. The molecular weight excluding hydrogens is 260 g/mol. The van der Waals surface area contributed by atoms with E-state index >= 15 is 0 Å². The molecule has 2 aromatic rings. The summed E-state index contributed by atoms with van der Waals surface area (Å²) in [6.07, 6.45) is 5.31. The largest absolute Gasteiger partial charge is 0.392 e. The van der Waals surface area contributed by atoms with Crippen LogP contribution in [0, 0.1) is 0 Å². The van der Waals surface area contributed by atoms with Crippen molar-refractivity contribution in [1.82, 2.24) is 0 Å². The summed E-state index contributed by atoms with van der Waals surface area (Å²) < 4.78 is 0. The number of aliphatic hydroxyl groups excluding tert-OH is 1. The van der Waals surface area contributed by atoms with Crippen LogP contribution in [0.5, 0.6) is 0 Å². The maximum atomic E-state index is 10.4. The highest BCUT2D eigenvalue weighted by atomic mass is 32.1. The average Bonchev–Trinajstić information content (AvgIpc) is 3.05. The summed E-state index contributed by atoms with van der Waals surface area (Å²) in [7, 11) is 0. The van der Waals surface area contributed by atoms with E-state index in [1.807, 2.05) is 11.3 Å². The Balaban J connectivity index is 1.65. The number of hydrogen-bond acceptors (Lipinski definition) is 3. The number of rotatable bonds is 4. The minimum absolute atomic E-state index is 0.180. The second-order valence-electron chi connectivity index (χ2n) is 4.98. The molecule has 0 aromatic carbocycles. The van der Waals surface area contributed by atoms with Gasteiger partial charge in [0, 0.05) is 15.7 Å². The molecule has 1 aliphatic rings. The first-order chi connectivity index (χ1) is 8.84. The van der Waals surface area contributed by atoms with Crippen LogP contribution in [0.3, 0.4) is 0 Å². The molecule has 18 heavy (non-hydrogen) atoms. The normalized spacial score (nSPS) is 20.6. The van der Waals surface area contributed by atoms with E-state index in [1.165, 1.54) is 28.2 Å². The highest BCUT2D eigenvalue weighted by Gasteiger charge is 2.27. The molecule has 2 unspecified atom stereocenters. The third kappa shape index (κ3) is 2.53. The molecule has 0 radical (unpaired) electrons. The van der Waals surface area contributed by atoms with E-state index in [2.05, 4.69) is 29.0 Å². The topological polar surface area (TPSA) is 20.2 Å². The molecule has 3 heteroatoms. The van der Waals surface area contributed by atoms with Crippen molar-refractivity contribution in [2.75, 3.05) is 0 Å². The van der Waals surface area contributed by atoms with Gasteiger partial charge in [0.1, 0.15) is 0 Å². The standard InChI is InChI=1S/C15H18OS2/c16-14(7-6-11-3-2-9-17-11)12-4-1-5-15-13(12)8-10-18-15/h2-3,8-10,12,14,16H,1,4-7H2. The summed E-state index contributed by atoms with van der Waals surface area (Å²) in [5, 5.41) is 14.7. The van der Waals surface area contributed by atoms with Gasteiger partial charge in [0.2, 0.25) is 0 Å². The predicted molar refractivity (Wildman–Crippen MR) is 78.6 cm³/mol. The summed E-state index contributed by atoms with van der Waals surface area (Å²) in [6, 6.07) is 6.47. The lowest BCUT2D eigenvalue weighted by Crippen LogP contribution is -2.22. The van der Waals surface area contributed by atoms with Gasteiger partial charge in [-0.3, -0.25) is 0 Å². The van der Waals surface area contributed by atoms with Gasteiger partial charge in [-0.05, 0) is 60.6 Å². The molecule has 0 amide bonds. The van der Waals surface area contributed by atoms with Gasteiger partial charge in [0.25, 0.3) is 0 Å². The summed E-state index contributed by atoms with van der Waals surface area (Å²) in [6.45, 7) is 0. The average molecular weight is 278 g/mol. The van der Waals surface area contributed by atoms with Crippen molar-refractivity contribution in [1.29, 1.82) is 0 Å². The number of thiophene rings is 2. The Bertz CT molecular complexity index is 486. The Hall–Kier alpha value is -0.640. The number of aliphatic hydroxyl groups is 1. The van der Waals surface area contributed by atoms with Crippen LogP contribution in [-0.2, 0) is 12.8 Å². The third-order valence-electron chi connectivity index (χ3n) is 3.83. The van der Waals surface area contributed by atoms with Crippen LogP contribution >= 0.6 is 22.7 Å². The molecule has 0 aliphatic heterocycles. The quantitative estimate of drug-likeness (QED) is 0.887. The number of aryl methyl sites for hydroxylation is 2. The number of fused-ring (bicyclic) bond motifs is 1. The molecule has 0 spiro atoms. The molecule has 1 aliphatic carbocycles. The second-order valence-corrected chi connectivity index (χ2v) is 7.02. The molecule has 0 bridgehead atoms. The van der Waals surface area contributed by atoms with Gasteiger partial charge in [-0.1, -0.05) is 6.07 Å². The van der Waals surface area contributed by atoms with E-state index in [-0.39, 0.29) is 6.10 Å². The molecule has 1 nitrogen and oxygen atoms in total. The van der Waals surface area contributed by atoms with E-state index in [9.17, 15) is 5.11 Å². The van der Waals surface area contributed by atoms with E-state index in [1.54, 1.807) is 11.3 Å². The first-order valence-electron chi connectivity index (χ1n) is 6.61. The van der Waals surface area contributed by atoms with E-state index in [0.29, 0.717) is 5.92 Å². The predicted octanol–water partition coefficient (Wildman–Crippen LogP) is 4.22. The molecule has 96 valence electrons. The summed E-state index contributed by atoms with van der Waals surface area (Å²) in [5.41, 5.74) is 1.42. The third-order valence-corrected chi connectivity index (χ3v) is 5.76. The van der Waals surface area contributed by atoms with Crippen molar-refractivity contribution in [2.24, 2.45) is 0 Å². The molecule has 0 fully saturated rings. The van der Waals surface area contributed by atoms with Crippen molar-refractivity contribution < 1.29 is 5.11 Å². The smallest absolute Gasteiger partial charge is 0.0612 e. The van der Waals surface area contributed by atoms with Gasteiger partial charge in [-0.2, -0.15) is 0 Å². The fourth-order valence-electron chi connectivity index (χ4n) is 2.87. The van der Waals surface area contributed by atoms with Gasteiger partial charge in [0.15, 0.2) is 0 Å². The van der Waals surface area contributed by atoms with Gasteiger partial charge < -0.3 is 5.11 Å². The molecule has 2 heterocycles. The van der Waals surface area contributed by atoms with Gasteiger partial charge in [-0.25, -0.2) is 0 Å². The first kappa shape index (κ1) is 12.4. The SMILES string of the molecule is OC(CCc1cccs1)C1CCCc2sccc21. The van der Waals surface area contributed by atoms with E-state index in [0.717, 1.165) is 19.3 Å². The van der Waals surface area contributed by atoms with Crippen LogP contribution in [0.1, 0.15) is 40.5 Å². The van der Waals surface area contributed by atoms with Crippen molar-refractivity contribution in [3.05, 3.63) is 44.3 Å². The molecule has 1 N–H and O–H groups in total. The Labute approximate surface area is 116 Å². The van der Waals surface area contributed by atoms with Crippen molar-refractivity contribution in [3.8, 4) is 0 Å². The zero-order chi connectivity index (χ0) is 12.4.